The summed E-state index contributed by atoms with van der Waals surface area (Å²) in [5.74, 6) is 1.14. The molecule has 3 N–H and O–H groups in total. The molecule has 1 saturated heterocycles. The van der Waals surface area contributed by atoms with Gasteiger partial charge in [-0.3, -0.25) is 14.5 Å². The summed E-state index contributed by atoms with van der Waals surface area (Å²) in [6.45, 7) is 4.01. The molecule has 1 aromatic carbocycles. The second-order valence-electron chi connectivity index (χ2n) is 6.07. The summed E-state index contributed by atoms with van der Waals surface area (Å²) in [5.41, 5.74) is 7.70. The van der Waals surface area contributed by atoms with E-state index in [-0.39, 0.29) is 17.9 Å². The highest BCUT2D eigenvalue weighted by molar-refractivity contribution is 7.99. The number of nitrogens with zero attached hydrogens (tertiary/aromatic N) is 1. The van der Waals surface area contributed by atoms with E-state index in [0.29, 0.717) is 12.3 Å². The summed E-state index contributed by atoms with van der Waals surface area (Å²) in [6, 6.07) is 8.58. The van der Waals surface area contributed by atoms with Crippen molar-refractivity contribution in [3.05, 3.63) is 35.4 Å². The standard InChI is InChI=1S/C17H25N3O2S/c1-13-3-2-4-14(9-13)11-23-12-17(22)19-15-5-7-20(8-6-15)10-16(18)21/h2-4,9,15H,5-8,10-12H2,1H3,(H2,18,21)(H,19,22). The molecule has 1 aliphatic rings. The number of aryl methyl sites for hydroxylation is 1. The highest BCUT2D eigenvalue weighted by atomic mass is 32.2. The molecule has 2 rings (SSSR count). The summed E-state index contributed by atoms with van der Waals surface area (Å²) in [7, 11) is 0. The van der Waals surface area contributed by atoms with Gasteiger partial charge in [-0.2, -0.15) is 0 Å². The third-order valence-corrected chi connectivity index (χ3v) is 4.92. The largest absolute Gasteiger partial charge is 0.369 e. The molecular weight excluding hydrogens is 310 g/mol. The number of benzene rings is 1. The predicted molar refractivity (Wildman–Crippen MR) is 94.1 cm³/mol. The van der Waals surface area contributed by atoms with E-state index in [1.54, 1.807) is 11.8 Å². The second-order valence-corrected chi connectivity index (χ2v) is 7.05. The van der Waals surface area contributed by atoms with Gasteiger partial charge in [-0.1, -0.05) is 29.8 Å². The van der Waals surface area contributed by atoms with Gasteiger partial charge in [0.05, 0.1) is 12.3 Å². The highest BCUT2D eigenvalue weighted by Gasteiger charge is 2.21. The van der Waals surface area contributed by atoms with Crippen molar-refractivity contribution in [3.63, 3.8) is 0 Å². The molecule has 0 atom stereocenters. The van der Waals surface area contributed by atoms with E-state index in [1.165, 1.54) is 11.1 Å². The highest BCUT2D eigenvalue weighted by Crippen LogP contribution is 2.14. The summed E-state index contributed by atoms with van der Waals surface area (Å²) in [5, 5.41) is 3.09. The van der Waals surface area contributed by atoms with Crippen molar-refractivity contribution in [2.75, 3.05) is 25.4 Å². The number of likely N-dealkylation sites (tertiary alicyclic amines) is 1. The van der Waals surface area contributed by atoms with E-state index >= 15 is 0 Å². The Labute approximate surface area is 142 Å². The van der Waals surface area contributed by atoms with E-state index in [4.69, 9.17) is 5.73 Å². The van der Waals surface area contributed by atoms with Crippen LogP contribution in [-0.4, -0.2) is 48.1 Å². The van der Waals surface area contributed by atoms with E-state index in [9.17, 15) is 9.59 Å². The maximum Gasteiger partial charge on any atom is 0.231 e. The lowest BCUT2D eigenvalue weighted by Crippen LogP contribution is -2.47. The van der Waals surface area contributed by atoms with Crippen LogP contribution in [0.25, 0.3) is 0 Å². The van der Waals surface area contributed by atoms with E-state index < -0.39 is 0 Å². The molecule has 126 valence electrons. The van der Waals surface area contributed by atoms with Crippen molar-refractivity contribution in [3.8, 4) is 0 Å². The van der Waals surface area contributed by atoms with Gasteiger partial charge in [0.2, 0.25) is 11.8 Å². The van der Waals surface area contributed by atoms with Crippen LogP contribution in [0.1, 0.15) is 24.0 Å². The first-order valence-electron chi connectivity index (χ1n) is 7.96. The molecule has 0 unspecified atom stereocenters. The molecule has 23 heavy (non-hydrogen) atoms. The fourth-order valence-corrected chi connectivity index (χ4v) is 3.57. The Kier molecular flexibility index (Phi) is 6.92. The Hall–Kier alpha value is -1.53. The molecule has 0 aromatic heterocycles. The zero-order chi connectivity index (χ0) is 16.7. The number of thioether (sulfide) groups is 1. The van der Waals surface area contributed by atoms with Crippen molar-refractivity contribution in [2.45, 2.75) is 31.6 Å². The maximum atomic E-state index is 12.0. The lowest BCUT2D eigenvalue weighted by atomic mass is 10.1. The van der Waals surface area contributed by atoms with Crippen LogP contribution in [0.5, 0.6) is 0 Å². The number of amides is 2. The molecule has 1 aliphatic heterocycles. The Morgan fingerprint density at radius 2 is 2.09 bits per heavy atom. The van der Waals surface area contributed by atoms with Crippen LogP contribution >= 0.6 is 11.8 Å². The van der Waals surface area contributed by atoms with Gasteiger partial charge in [0, 0.05) is 24.9 Å². The van der Waals surface area contributed by atoms with Crippen LogP contribution in [0.2, 0.25) is 0 Å². The molecule has 0 saturated carbocycles. The minimum absolute atomic E-state index is 0.0935. The number of nitrogens with two attached hydrogens (primary N) is 1. The van der Waals surface area contributed by atoms with Crippen LogP contribution in [-0.2, 0) is 15.3 Å². The van der Waals surface area contributed by atoms with Crippen LogP contribution < -0.4 is 11.1 Å². The average Bonchev–Trinajstić information content (AvgIpc) is 2.49. The molecule has 1 aromatic rings. The molecule has 2 amide bonds. The lowest BCUT2D eigenvalue weighted by Gasteiger charge is -2.31. The number of primary amides is 1. The van der Waals surface area contributed by atoms with Crippen molar-refractivity contribution in [1.82, 2.24) is 10.2 Å². The van der Waals surface area contributed by atoms with Crippen LogP contribution in [0.4, 0.5) is 0 Å². The van der Waals surface area contributed by atoms with Gasteiger partial charge in [0.15, 0.2) is 0 Å². The summed E-state index contributed by atoms with van der Waals surface area (Å²) in [4.78, 5) is 24.9. The van der Waals surface area contributed by atoms with Gasteiger partial charge in [0.25, 0.3) is 0 Å². The van der Waals surface area contributed by atoms with E-state index in [2.05, 4.69) is 30.4 Å². The normalized spacial score (nSPS) is 16.2. The minimum atomic E-state index is -0.292. The monoisotopic (exact) mass is 335 g/mol. The quantitative estimate of drug-likeness (QED) is 0.787. The molecule has 0 spiro atoms. The topological polar surface area (TPSA) is 75.4 Å². The third-order valence-electron chi connectivity index (χ3n) is 3.92. The van der Waals surface area contributed by atoms with Crippen LogP contribution in [0, 0.1) is 6.92 Å². The van der Waals surface area contributed by atoms with Crippen LogP contribution in [0.3, 0.4) is 0 Å². The summed E-state index contributed by atoms with van der Waals surface area (Å²) < 4.78 is 0. The molecule has 0 bridgehead atoms. The maximum absolute atomic E-state index is 12.0. The van der Waals surface area contributed by atoms with Crippen molar-refractivity contribution >= 4 is 23.6 Å². The Morgan fingerprint density at radius 1 is 1.35 bits per heavy atom. The SMILES string of the molecule is Cc1cccc(CSCC(=O)NC2CCN(CC(N)=O)CC2)c1. The Balaban J connectivity index is 1.63. The fraction of sp³-hybridized carbons (Fsp3) is 0.529. The first-order valence-corrected chi connectivity index (χ1v) is 9.11. The van der Waals surface area contributed by atoms with E-state index in [0.717, 1.165) is 31.7 Å². The first-order chi connectivity index (χ1) is 11.0. The molecule has 1 heterocycles. The number of hydrogen-bond acceptors (Lipinski definition) is 4. The number of hydrogen-bond donors (Lipinski definition) is 2. The molecule has 1 fully saturated rings. The summed E-state index contributed by atoms with van der Waals surface area (Å²) >= 11 is 1.64. The number of piperidine rings is 1. The number of rotatable bonds is 7. The minimum Gasteiger partial charge on any atom is -0.369 e. The molecule has 6 heteroatoms. The lowest BCUT2D eigenvalue weighted by molar-refractivity contribution is -0.121. The van der Waals surface area contributed by atoms with E-state index in [1.807, 2.05) is 11.0 Å². The first kappa shape index (κ1) is 17.8. The zero-order valence-corrected chi connectivity index (χ0v) is 14.4. The number of carbonyl (C=O) groups excluding carboxylic acids is 2. The average molecular weight is 335 g/mol. The van der Waals surface area contributed by atoms with Gasteiger partial charge < -0.3 is 11.1 Å². The molecule has 5 nitrogen and oxygen atoms in total. The van der Waals surface area contributed by atoms with Gasteiger partial charge >= 0.3 is 0 Å². The van der Waals surface area contributed by atoms with Crippen molar-refractivity contribution in [2.24, 2.45) is 5.73 Å². The predicted octanol–water partition coefficient (Wildman–Crippen LogP) is 1.29. The molecular formula is C17H25N3O2S. The number of carbonyl (C=O) groups is 2. The Bertz CT molecular complexity index is 542. The second kappa shape index (κ2) is 8.93. The van der Waals surface area contributed by atoms with Gasteiger partial charge in [0.1, 0.15) is 0 Å². The van der Waals surface area contributed by atoms with Crippen molar-refractivity contribution < 1.29 is 9.59 Å². The third kappa shape index (κ3) is 6.62. The van der Waals surface area contributed by atoms with Gasteiger partial charge in [-0.15, -0.1) is 11.8 Å². The van der Waals surface area contributed by atoms with Gasteiger partial charge in [-0.25, -0.2) is 0 Å². The van der Waals surface area contributed by atoms with Crippen LogP contribution in [0.15, 0.2) is 24.3 Å². The van der Waals surface area contributed by atoms with Crippen molar-refractivity contribution in [1.29, 1.82) is 0 Å². The molecule has 0 aliphatic carbocycles. The zero-order valence-electron chi connectivity index (χ0n) is 13.6. The van der Waals surface area contributed by atoms with Gasteiger partial charge in [-0.05, 0) is 25.3 Å². The number of nitrogens with one attached hydrogen (secondary N) is 1. The summed E-state index contributed by atoms with van der Waals surface area (Å²) in [6.07, 6.45) is 1.75. The Morgan fingerprint density at radius 3 is 2.74 bits per heavy atom. The molecule has 0 radical (unpaired) electrons. The smallest absolute Gasteiger partial charge is 0.231 e. The fourth-order valence-electron chi connectivity index (χ4n) is 2.79.